The molecule has 1 saturated carbocycles. The first-order chi connectivity index (χ1) is 6.26. The van der Waals surface area contributed by atoms with Crippen LogP contribution in [0.5, 0.6) is 0 Å². The molecule has 0 aromatic rings. The highest BCUT2D eigenvalue weighted by atomic mass is 19.4. The van der Waals surface area contributed by atoms with Gasteiger partial charge in [-0.15, -0.1) is 0 Å². The number of rotatable bonds is 1. The third kappa shape index (κ3) is 2.00. The van der Waals surface area contributed by atoms with Gasteiger partial charge in [-0.2, -0.15) is 13.2 Å². The van der Waals surface area contributed by atoms with E-state index in [0.29, 0.717) is 0 Å². The normalized spacial score (nSPS) is 34.1. The fourth-order valence-electron chi connectivity index (χ4n) is 1.72. The van der Waals surface area contributed by atoms with Gasteiger partial charge in [0, 0.05) is 0 Å². The van der Waals surface area contributed by atoms with Gasteiger partial charge >= 0.3 is 12.1 Å². The molecular weight excluding hydrogens is 201 g/mol. The van der Waals surface area contributed by atoms with Crippen molar-refractivity contribution in [2.75, 3.05) is 0 Å². The molecule has 0 aliphatic heterocycles. The van der Waals surface area contributed by atoms with Crippen LogP contribution in [-0.2, 0) is 4.79 Å². The van der Waals surface area contributed by atoms with Crippen LogP contribution in [0.15, 0.2) is 0 Å². The first kappa shape index (κ1) is 11.3. The molecule has 3 nitrogen and oxygen atoms in total. The number of aliphatic hydroxyl groups is 1. The van der Waals surface area contributed by atoms with Gasteiger partial charge in [-0.05, 0) is 25.7 Å². The van der Waals surface area contributed by atoms with Gasteiger partial charge in [0.25, 0.3) is 0 Å². The summed E-state index contributed by atoms with van der Waals surface area (Å²) in [5, 5.41) is 17.8. The Labute approximate surface area is 78.5 Å². The summed E-state index contributed by atoms with van der Waals surface area (Å²) in [5.41, 5.74) is -2.81. The van der Waals surface area contributed by atoms with E-state index >= 15 is 0 Å². The second kappa shape index (κ2) is 3.42. The molecule has 0 saturated heterocycles. The molecule has 0 amide bonds. The lowest BCUT2D eigenvalue weighted by atomic mass is 9.77. The van der Waals surface area contributed by atoms with E-state index in [1.54, 1.807) is 0 Å². The quantitative estimate of drug-likeness (QED) is 0.693. The summed E-state index contributed by atoms with van der Waals surface area (Å²) in [6.07, 6.45) is -5.58. The second-order valence-electron chi connectivity index (χ2n) is 3.66. The molecule has 1 fully saturated rings. The van der Waals surface area contributed by atoms with Crippen molar-refractivity contribution in [3.05, 3.63) is 0 Å². The topological polar surface area (TPSA) is 57.5 Å². The predicted octanol–water partition coefficient (Wildman–Crippen LogP) is 1.55. The molecule has 14 heavy (non-hydrogen) atoms. The molecule has 1 aliphatic carbocycles. The van der Waals surface area contributed by atoms with E-state index in [1.165, 1.54) is 0 Å². The average molecular weight is 212 g/mol. The van der Waals surface area contributed by atoms with Gasteiger partial charge in [0.1, 0.15) is 0 Å². The molecule has 82 valence electrons. The van der Waals surface area contributed by atoms with E-state index in [4.69, 9.17) is 5.11 Å². The van der Waals surface area contributed by atoms with E-state index in [-0.39, 0.29) is 12.8 Å². The number of hydrogen-bond acceptors (Lipinski definition) is 2. The fourth-order valence-corrected chi connectivity index (χ4v) is 1.72. The summed E-state index contributed by atoms with van der Waals surface area (Å²) >= 11 is 0. The Bertz CT molecular complexity index is 238. The Hall–Kier alpha value is -0.780. The van der Waals surface area contributed by atoms with Crippen molar-refractivity contribution in [1.82, 2.24) is 0 Å². The van der Waals surface area contributed by atoms with Gasteiger partial charge in [-0.3, -0.25) is 4.79 Å². The monoisotopic (exact) mass is 212 g/mol. The van der Waals surface area contributed by atoms with Crippen molar-refractivity contribution in [2.45, 2.75) is 37.5 Å². The van der Waals surface area contributed by atoms with Crippen molar-refractivity contribution in [3.8, 4) is 0 Å². The van der Waals surface area contributed by atoms with Gasteiger partial charge in [0.05, 0.1) is 5.92 Å². The van der Waals surface area contributed by atoms with E-state index in [0.717, 1.165) is 0 Å². The minimum atomic E-state index is -4.74. The lowest BCUT2D eigenvalue weighted by molar-refractivity contribution is -0.273. The van der Waals surface area contributed by atoms with Crippen LogP contribution in [0.4, 0.5) is 13.2 Å². The van der Waals surface area contributed by atoms with Crippen LogP contribution in [-0.4, -0.2) is 28.0 Å². The molecule has 2 atom stereocenters. The SMILES string of the molecule is O=C(O)C1CCCC(O)(C(F)(F)F)C1. The molecule has 0 bridgehead atoms. The zero-order chi connectivity index (χ0) is 11.0. The number of aliphatic carboxylic acids is 1. The third-order valence-corrected chi connectivity index (χ3v) is 2.60. The third-order valence-electron chi connectivity index (χ3n) is 2.60. The van der Waals surface area contributed by atoms with Crippen molar-refractivity contribution in [1.29, 1.82) is 0 Å². The number of carboxylic acids is 1. The molecule has 0 aromatic carbocycles. The van der Waals surface area contributed by atoms with Crippen LogP contribution in [0.2, 0.25) is 0 Å². The van der Waals surface area contributed by atoms with Crippen LogP contribution in [0.25, 0.3) is 0 Å². The molecule has 0 aromatic heterocycles. The van der Waals surface area contributed by atoms with E-state index in [1.807, 2.05) is 0 Å². The van der Waals surface area contributed by atoms with Crippen molar-refractivity contribution in [2.24, 2.45) is 5.92 Å². The van der Waals surface area contributed by atoms with Crippen molar-refractivity contribution in [3.63, 3.8) is 0 Å². The zero-order valence-corrected chi connectivity index (χ0v) is 7.34. The van der Waals surface area contributed by atoms with Gasteiger partial charge in [0.15, 0.2) is 5.60 Å². The molecule has 0 heterocycles. The van der Waals surface area contributed by atoms with Crippen LogP contribution in [0, 0.1) is 5.92 Å². The van der Waals surface area contributed by atoms with E-state index < -0.39 is 36.5 Å². The van der Waals surface area contributed by atoms with Gasteiger partial charge in [-0.25, -0.2) is 0 Å². The van der Waals surface area contributed by atoms with E-state index in [2.05, 4.69) is 0 Å². The van der Waals surface area contributed by atoms with Crippen molar-refractivity contribution < 1.29 is 28.2 Å². The molecule has 2 unspecified atom stereocenters. The lowest BCUT2D eigenvalue weighted by Gasteiger charge is -2.36. The summed E-state index contributed by atoms with van der Waals surface area (Å²) in [7, 11) is 0. The van der Waals surface area contributed by atoms with Gasteiger partial charge in [0.2, 0.25) is 0 Å². The molecule has 0 spiro atoms. The van der Waals surface area contributed by atoms with Crippen molar-refractivity contribution >= 4 is 5.97 Å². The summed E-state index contributed by atoms with van der Waals surface area (Å²) in [6.45, 7) is 0. The summed E-state index contributed by atoms with van der Waals surface area (Å²) in [6, 6.07) is 0. The number of carbonyl (C=O) groups is 1. The Morgan fingerprint density at radius 3 is 2.43 bits per heavy atom. The Kier molecular flexibility index (Phi) is 2.76. The number of carboxylic acid groups (broad SMARTS) is 1. The summed E-state index contributed by atoms with van der Waals surface area (Å²) in [4.78, 5) is 10.5. The minimum Gasteiger partial charge on any atom is -0.481 e. The Balaban J connectivity index is 2.77. The maximum absolute atomic E-state index is 12.3. The highest BCUT2D eigenvalue weighted by Gasteiger charge is 2.56. The number of halogens is 3. The van der Waals surface area contributed by atoms with Crippen LogP contribution < -0.4 is 0 Å². The average Bonchev–Trinajstić information content (AvgIpc) is 2.02. The molecule has 1 aliphatic rings. The Morgan fingerprint density at radius 2 is 2.00 bits per heavy atom. The van der Waals surface area contributed by atoms with Crippen LogP contribution in [0.1, 0.15) is 25.7 Å². The van der Waals surface area contributed by atoms with Gasteiger partial charge in [-0.1, -0.05) is 0 Å². The summed E-state index contributed by atoms with van der Waals surface area (Å²) < 4.78 is 37.0. The molecule has 6 heteroatoms. The zero-order valence-electron chi connectivity index (χ0n) is 7.34. The fraction of sp³-hybridized carbons (Fsp3) is 0.875. The van der Waals surface area contributed by atoms with Gasteiger partial charge < -0.3 is 10.2 Å². The molecular formula is C8H11F3O3. The minimum absolute atomic E-state index is 0.0903. The second-order valence-corrected chi connectivity index (χ2v) is 3.66. The maximum Gasteiger partial charge on any atom is 0.417 e. The first-order valence-corrected chi connectivity index (χ1v) is 4.28. The highest BCUT2D eigenvalue weighted by Crippen LogP contribution is 2.43. The predicted molar refractivity (Wildman–Crippen MR) is 40.6 cm³/mol. The lowest BCUT2D eigenvalue weighted by Crippen LogP contribution is -2.49. The number of alkyl halides is 3. The first-order valence-electron chi connectivity index (χ1n) is 4.28. The standard InChI is InChI=1S/C8H11F3O3/c9-8(10,11)7(14)3-1-2-5(4-7)6(12)13/h5,14H,1-4H2,(H,12,13). The molecule has 1 rings (SSSR count). The highest BCUT2D eigenvalue weighted by molar-refractivity contribution is 5.70. The maximum atomic E-state index is 12.3. The largest absolute Gasteiger partial charge is 0.481 e. The smallest absolute Gasteiger partial charge is 0.417 e. The molecule has 0 radical (unpaired) electrons. The Morgan fingerprint density at radius 1 is 1.43 bits per heavy atom. The number of hydrogen-bond donors (Lipinski definition) is 2. The molecule has 2 N–H and O–H groups in total. The van der Waals surface area contributed by atoms with Crippen LogP contribution in [0.3, 0.4) is 0 Å². The van der Waals surface area contributed by atoms with E-state index in [9.17, 15) is 23.1 Å². The summed E-state index contributed by atoms with van der Waals surface area (Å²) in [5.74, 6) is -2.36. The van der Waals surface area contributed by atoms with Crippen LogP contribution >= 0.6 is 0 Å².